The lowest BCUT2D eigenvalue weighted by Crippen LogP contribution is -2.44. The van der Waals surface area contributed by atoms with Crippen LogP contribution in [0, 0.1) is 5.92 Å². The quantitative estimate of drug-likeness (QED) is 0.748. The highest BCUT2D eigenvalue weighted by molar-refractivity contribution is 6.32. The monoisotopic (exact) mass is 402 g/mol. The van der Waals surface area contributed by atoms with Crippen molar-refractivity contribution in [2.45, 2.75) is 44.9 Å². The van der Waals surface area contributed by atoms with Gasteiger partial charge in [0.05, 0.1) is 7.11 Å². The number of benzene rings is 1. The molecule has 2 aliphatic heterocycles. The number of rotatable bonds is 4. The molecule has 1 amide bonds. The number of piperidine rings is 2. The summed E-state index contributed by atoms with van der Waals surface area (Å²) in [6, 6.07) is 3.89. The van der Waals surface area contributed by atoms with Gasteiger partial charge >= 0.3 is 0 Å². The molecule has 0 aromatic heterocycles. The van der Waals surface area contributed by atoms with Gasteiger partial charge in [-0.3, -0.25) is 9.69 Å². The molecule has 152 valence electrons. The highest BCUT2D eigenvalue weighted by Crippen LogP contribution is 2.36. The molecule has 4 rings (SSSR count). The van der Waals surface area contributed by atoms with Gasteiger partial charge in [0.15, 0.2) is 0 Å². The van der Waals surface area contributed by atoms with Crippen molar-refractivity contribution >= 4 is 23.6 Å². The first-order valence-corrected chi connectivity index (χ1v) is 11.1. The second-order valence-electron chi connectivity index (χ2n) is 8.38. The summed E-state index contributed by atoms with van der Waals surface area (Å²) >= 11 is 6.45. The smallest absolute Gasteiger partial charge is 0.225 e. The Balaban J connectivity index is 1.34. The van der Waals surface area contributed by atoms with Gasteiger partial charge in [0.1, 0.15) is 5.75 Å². The first kappa shape index (κ1) is 19.8. The Morgan fingerprint density at radius 1 is 1.11 bits per heavy atom. The molecular weight excluding hydrogens is 372 g/mol. The number of carbonyl (C=O) groups is 1. The van der Waals surface area contributed by atoms with Gasteiger partial charge in [-0.15, -0.1) is 0 Å². The Morgan fingerprint density at radius 3 is 2.57 bits per heavy atom. The lowest BCUT2D eigenvalue weighted by atomic mass is 9.90. The normalized spacial score (nSPS) is 21.2. The van der Waals surface area contributed by atoms with E-state index in [1.807, 2.05) is 12.1 Å². The zero-order valence-electron chi connectivity index (χ0n) is 16.9. The van der Waals surface area contributed by atoms with Gasteiger partial charge in [-0.05, 0) is 75.7 Å². The standard InChI is InChI=1S/C23H31ClN2O2/c1-28-22-8-7-21(24)20-15-17(5-6-19(20)22)16-25-13-9-18(10-14-25)23(27)26-11-3-2-4-12-26/h7-8,15,18H,2-6,9-14,16H2,1H3. The lowest BCUT2D eigenvalue weighted by Gasteiger charge is -2.36. The summed E-state index contributed by atoms with van der Waals surface area (Å²) in [5, 5.41) is 0.804. The number of fused-ring (bicyclic) bond motifs is 1. The van der Waals surface area contributed by atoms with Gasteiger partial charge < -0.3 is 9.64 Å². The number of hydrogen-bond acceptors (Lipinski definition) is 3. The van der Waals surface area contributed by atoms with E-state index < -0.39 is 0 Å². The van der Waals surface area contributed by atoms with E-state index in [0.717, 1.165) is 74.7 Å². The van der Waals surface area contributed by atoms with Crippen LogP contribution >= 0.6 is 11.6 Å². The van der Waals surface area contributed by atoms with Crippen LogP contribution in [0.4, 0.5) is 0 Å². The van der Waals surface area contributed by atoms with Crippen molar-refractivity contribution in [1.82, 2.24) is 9.80 Å². The molecule has 0 spiro atoms. The third-order valence-electron chi connectivity index (χ3n) is 6.56. The third kappa shape index (κ3) is 4.23. The first-order chi connectivity index (χ1) is 13.7. The van der Waals surface area contributed by atoms with Gasteiger partial charge in [0.25, 0.3) is 0 Å². The fourth-order valence-corrected chi connectivity index (χ4v) is 5.14. The van der Waals surface area contributed by atoms with E-state index in [4.69, 9.17) is 16.3 Å². The molecule has 3 aliphatic rings. The molecule has 0 unspecified atom stereocenters. The molecule has 2 saturated heterocycles. The fraction of sp³-hybridized carbons (Fsp3) is 0.609. The highest BCUT2D eigenvalue weighted by Gasteiger charge is 2.29. The van der Waals surface area contributed by atoms with Gasteiger partial charge in [-0.25, -0.2) is 0 Å². The average Bonchev–Trinajstić information content (AvgIpc) is 2.75. The summed E-state index contributed by atoms with van der Waals surface area (Å²) in [4.78, 5) is 17.4. The van der Waals surface area contributed by atoms with E-state index >= 15 is 0 Å². The number of likely N-dealkylation sites (tertiary alicyclic amines) is 2. The lowest BCUT2D eigenvalue weighted by molar-refractivity contribution is -0.137. The summed E-state index contributed by atoms with van der Waals surface area (Å²) in [6.07, 6.45) is 9.90. The van der Waals surface area contributed by atoms with Crippen LogP contribution in [0.1, 0.15) is 49.7 Å². The number of halogens is 1. The van der Waals surface area contributed by atoms with Crippen molar-refractivity contribution in [3.05, 3.63) is 33.9 Å². The molecule has 4 nitrogen and oxygen atoms in total. The molecule has 0 bridgehead atoms. The number of ether oxygens (including phenoxy) is 1. The minimum Gasteiger partial charge on any atom is -0.496 e. The van der Waals surface area contributed by atoms with Crippen LogP contribution in [-0.2, 0) is 11.2 Å². The minimum absolute atomic E-state index is 0.231. The first-order valence-electron chi connectivity index (χ1n) is 10.7. The fourth-order valence-electron chi connectivity index (χ4n) is 4.91. The summed E-state index contributed by atoms with van der Waals surface area (Å²) in [5.41, 5.74) is 3.78. The predicted octanol–water partition coefficient (Wildman–Crippen LogP) is 4.40. The Morgan fingerprint density at radius 2 is 1.86 bits per heavy atom. The molecule has 0 atom stereocenters. The van der Waals surface area contributed by atoms with Gasteiger partial charge in [0.2, 0.25) is 5.91 Å². The number of nitrogens with zero attached hydrogens (tertiary/aromatic N) is 2. The predicted molar refractivity (Wildman–Crippen MR) is 114 cm³/mol. The molecule has 0 N–H and O–H groups in total. The molecule has 2 fully saturated rings. The van der Waals surface area contributed by atoms with Crippen molar-refractivity contribution in [2.24, 2.45) is 5.92 Å². The van der Waals surface area contributed by atoms with Crippen LogP contribution < -0.4 is 4.74 Å². The van der Waals surface area contributed by atoms with E-state index in [0.29, 0.717) is 5.91 Å². The molecule has 0 radical (unpaired) electrons. The Bertz CT molecular complexity index is 747. The average molecular weight is 403 g/mol. The Labute approximate surface area is 173 Å². The van der Waals surface area contributed by atoms with Crippen molar-refractivity contribution in [1.29, 1.82) is 0 Å². The van der Waals surface area contributed by atoms with E-state index in [2.05, 4.69) is 15.9 Å². The topological polar surface area (TPSA) is 32.8 Å². The molecular formula is C23H31ClN2O2. The molecule has 5 heteroatoms. The maximum atomic E-state index is 12.8. The Hall–Kier alpha value is -1.52. The number of methoxy groups -OCH3 is 1. The second-order valence-corrected chi connectivity index (χ2v) is 8.79. The van der Waals surface area contributed by atoms with Crippen LogP contribution in [0.15, 0.2) is 17.7 Å². The number of amides is 1. The van der Waals surface area contributed by atoms with E-state index in [-0.39, 0.29) is 5.92 Å². The number of carbonyl (C=O) groups excluding carboxylic acids is 1. The van der Waals surface area contributed by atoms with Gasteiger partial charge in [0, 0.05) is 36.1 Å². The van der Waals surface area contributed by atoms with Crippen molar-refractivity contribution in [3.63, 3.8) is 0 Å². The zero-order chi connectivity index (χ0) is 19.5. The molecule has 1 aromatic rings. The third-order valence-corrected chi connectivity index (χ3v) is 6.89. The summed E-state index contributed by atoms with van der Waals surface area (Å²) in [6.45, 7) is 4.95. The van der Waals surface area contributed by atoms with Gasteiger partial charge in [-0.1, -0.05) is 23.3 Å². The largest absolute Gasteiger partial charge is 0.496 e. The van der Waals surface area contributed by atoms with E-state index in [9.17, 15) is 4.79 Å². The van der Waals surface area contributed by atoms with Crippen molar-refractivity contribution < 1.29 is 9.53 Å². The number of hydrogen-bond donors (Lipinski definition) is 0. The van der Waals surface area contributed by atoms with Crippen LogP contribution in [-0.4, -0.2) is 55.5 Å². The second kappa shape index (κ2) is 8.87. The maximum Gasteiger partial charge on any atom is 0.225 e. The molecule has 2 heterocycles. The molecule has 1 aliphatic carbocycles. The van der Waals surface area contributed by atoms with Crippen LogP contribution in [0.25, 0.3) is 6.08 Å². The van der Waals surface area contributed by atoms with Crippen molar-refractivity contribution in [2.75, 3.05) is 39.8 Å². The van der Waals surface area contributed by atoms with E-state index in [1.165, 1.54) is 30.4 Å². The summed E-state index contributed by atoms with van der Waals surface area (Å²) in [5.74, 6) is 1.57. The Kier molecular flexibility index (Phi) is 6.27. The SMILES string of the molecule is COc1ccc(Cl)c2c1CCC(CN1CCC(C(=O)N3CCCCC3)CC1)=C2. The summed E-state index contributed by atoms with van der Waals surface area (Å²) in [7, 11) is 1.72. The highest BCUT2D eigenvalue weighted by atomic mass is 35.5. The van der Waals surface area contributed by atoms with Crippen molar-refractivity contribution in [3.8, 4) is 5.75 Å². The summed E-state index contributed by atoms with van der Waals surface area (Å²) < 4.78 is 5.50. The zero-order valence-corrected chi connectivity index (χ0v) is 17.6. The van der Waals surface area contributed by atoms with Crippen LogP contribution in [0.2, 0.25) is 5.02 Å². The van der Waals surface area contributed by atoms with Gasteiger partial charge in [-0.2, -0.15) is 0 Å². The molecule has 0 saturated carbocycles. The minimum atomic E-state index is 0.231. The molecule has 1 aromatic carbocycles. The maximum absolute atomic E-state index is 12.8. The van der Waals surface area contributed by atoms with E-state index in [1.54, 1.807) is 7.11 Å². The van der Waals surface area contributed by atoms with Crippen LogP contribution in [0.3, 0.4) is 0 Å². The molecule has 28 heavy (non-hydrogen) atoms. The van der Waals surface area contributed by atoms with Crippen LogP contribution in [0.5, 0.6) is 5.75 Å².